The van der Waals surface area contributed by atoms with Gasteiger partial charge in [0.15, 0.2) is 11.9 Å². The van der Waals surface area contributed by atoms with Crippen LogP contribution in [0.5, 0.6) is 5.75 Å². The molecule has 0 saturated carbocycles. The Balaban J connectivity index is 1.02. The maximum absolute atomic E-state index is 14.6. The lowest BCUT2D eigenvalue weighted by molar-refractivity contribution is -0.145. The number of likely N-dealkylation sites (tertiary alicyclic amines) is 3. The number of carbonyl (C=O) groups excluding carboxylic acids is 3. The summed E-state index contributed by atoms with van der Waals surface area (Å²) in [6.45, 7) is 11.4. The lowest BCUT2D eigenvalue weighted by atomic mass is 9.76. The van der Waals surface area contributed by atoms with Crippen molar-refractivity contribution < 1.29 is 28.6 Å². The van der Waals surface area contributed by atoms with Gasteiger partial charge in [0.2, 0.25) is 0 Å². The van der Waals surface area contributed by atoms with E-state index in [4.69, 9.17) is 14.2 Å². The normalized spacial score (nSPS) is 19.6. The molecule has 4 aromatic rings. The number of nitrogens with one attached hydrogen (secondary N) is 1. The van der Waals surface area contributed by atoms with Crippen molar-refractivity contribution in [3.63, 3.8) is 0 Å². The van der Waals surface area contributed by atoms with Crippen molar-refractivity contribution in [2.24, 2.45) is 11.8 Å². The van der Waals surface area contributed by atoms with Crippen LogP contribution in [-0.2, 0) is 27.3 Å². The van der Waals surface area contributed by atoms with Crippen LogP contribution in [0.3, 0.4) is 0 Å². The first-order valence-electron chi connectivity index (χ1n) is 21.3. The Labute approximate surface area is 346 Å². The molecule has 13 heteroatoms. The van der Waals surface area contributed by atoms with E-state index in [-0.39, 0.29) is 36.2 Å². The molecule has 3 fully saturated rings. The first kappa shape index (κ1) is 41.6. The van der Waals surface area contributed by atoms with E-state index in [1.165, 1.54) is 4.68 Å². The molecule has 0 spiro atoms. The third-order valence-corrected chi connectivity index (χ3v) is 12.4. The summed E-state index contributed by atoms with van der Waals surface area (Å²) >= 11 is 0. The standard InChI is InChI=1S/C46H58N6O7/c1-5-57-45(55)49-21-16-36(17-22-49)38-18-25-51(33(4)28-38)43(53)40(29-35-26-31(2)41(32(3)27-35)58-30-34-12-8-6-9-13-34)59-46(56)50-23-19-39(20-24-50)52-44(54)47-42(48-52)37-14-10-7-11-15-37/h6-15,26-27,33,36,38-40H,5,16-25,28-30H2,1-4H3,(H,47,48,54)/t33?,38?,40-/m1/s1. The molecule has 3 aliphatic heterocycles. The molecule has 1 aromatic heterocycles. The predicted octanol–water partition coefficient (Wildman–Crippen LogP) is 7.31. The first-order chi connectivity index (χ1) is 28.6. The molecule has 314 valence electrons. The number of rotatable bonds is 11. The fourth-order valence-electron chi connectivity index (χ4n) is 9.23. The maximum atomic E-state index is 14.6. The minimum absolute atomic E-state index is 0.0357. The minimum Gasteiger partial charge on any atom is -0.488 e. The quantitative estimate of drug-likeness (QED) is 0.167. The second-order valence-electron chi connectivity index (χ2n) is 16.4. The van der Waals surface area contributed by atoms with Crippen LogP contribution in [0.25, 0.3) is 11.4 Å². The summed E-state index contributed by atoms with van der Waals surface area (Å²) in [5, 5.41) is 4.58. The van der Waals surface area contributed by atoms with Crippen molar-refractivity contribution in [1.82, 2.24) is 29.5 Å². The Kier molecular flexibility index (Phi) is 13.4. The average Bonchev–Trinajstić information content (AvgIpc) is 3.65. The second-order valence-corrected chi connectivity index (χ2v) is 16.4. The third kappa shape index (κ3) is 10.00. The van der Waals surface area contributed by atoms with Crippen LogP contribution >= 0.6 is 0 Å². The Morgan fingerprint density at radius 1 is 0.797 bits per heavy atom. The van der Waals surface area contributed by atoms with Crippen molar-refractivity contribution in [1.29, 1.82) is 0 Å². The molecule has 4 heterocycles. The van der Waals surface area contributed by atoms with Crippen LogP contribution < -0.4 is 10.4 Å². The highest BCUT2D eigenvalue weighted by atomic mass is 16.6. The summed E-state index contributed by atoms with van der Waals surface area (Å²) in [5.41, 5.74) is 4.41. The fraction of sp³-hybridized carbons (Fsp3) is 0.500. The molecule has 13 nitrogen and oxygen atoms in total. The summed E-state index contributed by atoms with van der Waals surface area (Å²) in [6, 6.07) is 23.4. The highest BCUT2D eigenvalue weighted by Gasteiger charge is 2.39. The number of ether oxygens (including phenoxy) is 3. The zero-order chi connectivity index (χ0) is 41.5. The van der Waals surface area contributed by atoms with E-state index in [0.29, 0.717) is 76.4 Å². The molecule has 0 radical (unpaired) electrons. The lowest BCUT2D eigenvalue weighted by Gasteiger charge is -2.43. The van der Waals surface area contributed by atoms with Gasteiger partial charge in [-0.05, 0) is 100 Å². The van der Waals surface area contributed by atoms with E-state index in [9.17, 15) is 19.2 Å². The van der Waals surface area contributed by atoms with E-state index < -0.39 is 12.2 Å². The van der Waals surface area contributed by atoms with Gasteiger partial charge in [-0.2, -0.15) is 0 Å². The van der Waals surface area contributed by atoms with Gasteiger partial charge < -0.3 is 28.9 Å². The zero-order valence-corrected chi connectivity index (χ0v) is 34.8. The SMILES string of the molecule is CCOC(=O)N1CCC(C2CCN(C(=O)[C@@H](Cc3cc(C)c(OCc4ccccc4)c(C)c3)OC(=O)N3CCC(n4nc(-c5ccccc5)[nH]c4=O)CC3)C(C)C2)CC1. The Morgan fingerprint density at radius 2 is 1.41 bits per heavy atom. The molecular formula is C46H58N6O7. The van der Waals surface area contributed by atoms with Gasteiger partial charge in [0.05, 0.1) is 12.6 Å². The lowest BCUT2D eigenvalue weighted by Crippen LogP contribution is -2.52. The molecule has 3 saturated heterocycles. The summed E-state index contributed by atoms with van der Waals surface area (Å²) in [7, 11) is 0. The van der Waals surface area contributed by atoms with Gasteiger partial charge in [0.25, 0.3) is 5.91 Å². The van der Waals surface area contributed by atoms with E-state index in [1.807, 2.05) is 98.5 Å². The molecule has 1 N–H and O–H groups in total. The van der Waals surface area contributed by atoms with Crippen molar-refractivity contribution in [3.05, 3.63) is 106 Å². The van der Waals surface area contributed by atoms with Gasteiger partial charge in [-0.25, -0.2) is 19.1 Å². The van der Waals surface area contributed by atoms with Crippen LogP contribution in [0.15, 0.2) is 77.6 Å². The zero-order valence-electron chi connectivity index (χ0n) is 34.8. The van der Waals surface area contributed by atoms with E-state index in [0.717, 1.165) is 59.3 Å². The highest BCUT2D eigenvalue weighted by molar-refractivity contribution is 5.84. The molecule has 2 unspecified atom stereocenters. The van der Waals surface area contributed by atoms with E-state index >= 15 is 0 Å². The molecule has 3 aliphatic rings. The molecule has 59 heavy (non-hydrogen) atoms. The molecule has 7 rings (SSSR count). The van der Waals surface area contributed by atoms with Crippen molar-refractivity contribution in [3.8, 4) is 17.1 Å². The summed E-state index contributed by atoms with van der Waals surface area (Å²) < 4.78 is 19.2. The minimum atomic E-state index is -1.02. The number of aromatic nitrogens is 3. The topological polar surface area (TPSA) is 139 Å². The molecule has 3 aromatic carbocycles. The number of aryl methyl sites for hydroxylation is 2. The second kappa shape index (κ2) is 19.0. The van der Waals surface area contributed by atoms with Crippen molar-refractivity contribution >= 4 is 18.1 Å². The number of amides is 3. The number of nitrogens with zero attached hydrogens (tertiary/aromatic N) is 5. The summed E-state index contributed by atoms with van der Waals surface area (Å²) in [5.74, 6) is 2.05. The summed E-state index contributed by atoms with van der Waals surface area (Å²) in [4.78, 5) is 61.9. The van der Waals surface area contributed by atoms with E-state index in [2.05, 4.69) is 17.0 Å². The predicted molar refractivity (Wildman–Crippen MR) is 224 cm³/mol. The third-order valence-electron chi connectivity index (χ3n) is 12.4. The average molecular weight is 807 g/mol. The van der Waals surface area contributed by atoms with Crippen LogP contribution in [0, 0.1) is 25.7 Å². The van der Waals surface area contributed by atoms with Crippen LogP contribution in [0.2, 0.25) is 0 Å². The van der Waals surface area contributed by atoms with Gasteiger partial charge in [0.1, 0.15) is 12.4 Å². The van der Waals surface area contributed by atoms with Gasteiger partial charge >= 0.3 is 17.9 Å². The molecular weight excluding hydrogens is 749 g/mol. The van der Waals surface area contributed by atoms with Crippen molar-refractivity contribution in [2.45, 2.75) is 97.4 Å². The Morgan fingerprint density at radius 3 is 2.05 bits per heavy atom. The Hall–Kier alpha value is -5.59. The first-order valence-corrected chi connectivity index (χ1v) is 21.3. The number of aromatic amines is 1. The fourth-order valence-corrected chi connectivity index (χ4v) is 9.23. The highest BCUT2D eigenvalue weighted by Crippen LogP contribution is 2.36. The number of benzene rings is 3. The van der Waals surface area contributed by atoms with Crippen molar-refractivity contribution in [2.75, 3.05) is 39.3 Å². The number of piperidine rings is 3. The van der Waals surface area contributed by atoms with Gasteiger partial charge in [-0.3, -0.25) is 9.78 Å². The van der Waals surface area contributed by atoms with Crippen LogP contribution in [0.1, 0.15) is 80.7 Å². The van der Waals surface area contributed by atoms with Crippen LogP contribution in [0.4, 0.5) is 9.59 Å². The van der Waals surface area contributed by atoms with Gasteiger partial charge in [-0.1, -0.05) is 72.8 Å². The van der Waals surface area contributed by atoms with Gasteiger partial charge in [-0.15, -0.1) is 5.10 Å². The molecule has 0 bridgehead atoms. The molecule has 0 aliphatic carbocycles. The van der Waals surface area contributed by atoms with E-state index in [1.54, 1.807) is 9.80 Å². The Bertz CT molecular complexity index is 2080. The van der Waals surface area contributed by atoms with Gasteiger partial charge in [0, 0.05) is 50.7 Å². The number of H-pyrrole nitrogens is 1. The largest absolute Gasteiger partial charge is 0.488 e. The smallest absolute Gasteiger partial charge is 0.410 e. The number of hydrogen-bond donors (Lipinski definition) is 1. The monoisotopic (exact) mass is 806 g/mol. The number of hydrogen-bond acceptors (Lipinski definition) is 8. The number of carbonyl (C=O) groups is 3. The molecule has 3 atom stereocenters. The summed E-state index contributed by atoms with van der Waals surface area (Å²) in [6.07, 6.45) is 3.05. The maximum Gasteiger partial charge on any atom is 0.410 e. The molecule has 3 amide bonds. The van der Waals surface area contributed by atoms with Crippen LogP contribution in [-0.4, -0.2) is 99.0 Å².